The van der Waals surface area contributed by atoms with Crippen LogP contribution in [-0.2, 0) is 4.79 Å². The molecule has 3 aromatic rings. The van der Waals surface area contributed by atoms with Crippen LogP contribution in [0.15, 0.2) is 72.8 Å². The average molecular weight is 403 g/mol. The molecule has 30 heavy (non-hydrogen) atoms. The van der Waals surface area contributed by atoms with Crippen molar-refractivity contribution >= 4 is 34.7 Å². The summed E-state index contributed by atoms with van der Waals surface area (Å²) in [7, 11) is 0. The first-order chi connectivity index (χ1) is 14.3. The zero-order chi connectivity index (χ0) is 21.7. The Morgan fingerprint density at radius 2 is 1.40 bits per heavy atom. The smallest absolute Gasteiger partial charge is 0.284 e. The first-order valence-corrected chi connectivity index (χ1v) is 8.92. The fourth-order valence-corrected chi connectivity index (χ4v) is 2.82. The summed E-state index contributed by atoms with van der Waals surface area (Å²) in [6.07, 6.45) is 0. The number of ketones is 1. The molecule has 0 bridgehead atoms. The highest BCUT2D eigenvalue weighted by Crippen LogP contribution is 2.24. The number of carbonyl (C=O) groups excluding carboxylic acids is 3. The number of benzene rings is 3. The van der Waals surface area contributed by atoms with Crippen LogP contribution >= 0.6 is 0 Å². The molecular formula is C22H17N3O5. The van der Waals surface area contributed by atoms with Gasteiger partial charge in [-0.3, -0.25) is 24.5 Å². The van der Waals surface area contributed by atoms with Gasteiger partial charge in [0.2, 0.25) is 5.91 Å². The third-order valence-corrected chi connectivity index (χ3v) is 4.20. The second-order valence-electron chi connectivity index (χ2n) is 6.40. The Labute approximate surface area is 171 Å². The van der Waals surface area contributed by atoms with E-state index in [1.54, 1.807) is 48.5 Å². The Balaban J connectivity index is 1.78. The van der Waals surface area contributed by atoms with E-state index in [1.807, 2.05) is 6.07 Å². The number of nitrogens with zero attached hydrogens (tertiary/aromatic N) is 1. The van der Waals surface area contributed by atoms with E-state index < -0.39 is 16.5 Å². The third-order valence-electron chi connectivity index (χ3n) is 4.20. The van der Waals surface area contributed by atoms with Gasteiger partial charge in [-0.1, -0.05) is 30.3 Å². The maximum absolute atomic E-state index is 12.5. The van der Waals surface area contributed by atoms with Crippen molar-refractivity contribution in [2.75, 3.05) is 10.6 Å². The lowest BCUT2D eigenvalue weighted by atomic mass is 10.0. The van der Waals surface area contributed by atoms with Gasteiger partial charge in [0, 0.05) is 35.5 Å². The predicted molar refractivity (Wildman–Crippen MR) is 112 cm³/mol. The average Bonchev–Trinajstić information content (AvgIpc) is 2.74. The van der Waals surface area contributed by atoms with E-state index in [0.29, 0.717) is 16.8 Å². The fraction of sp³-hybridized carbons (Fsp3) is 0.0455. The Kier molecular flexibility index (Phi) is 5.97. The minimum Gasteiger partial charge on any atom is -0.326 e. The molecule has 0 saturated heterocycles. The molecule has 0 aliphatic rings. The highest BCUT2D eigenvalue weighted by Gasteiger charge is 2.21. The maximum Gasteiger partial charge on any atom is 0.284 e. The summed E-state index contributed by atoms with van der Waals surface area (Å²) < 4.78 is 0. The Morgan fingerprint density at radius 1 is 0.800 bits per heavy atom. The zero-order valence-electron chi connectivity index (χ0n) is 15.9. The van der Waals surface area contributed by atoms with Gasteiger partial charge in [-0.05, 0) is 36.4 Å². The lowest BCUT2D eigenvalue weighted by molar-refractivity contribution is -0.385. The standard InChI is InChI=1S/C22H17N3O5/c1-14(26)23-18-11-12-19(20(13-18)25(29)30)22(28)24-17-9-7-16(8-10-17)21(27)15-5-3-2-4-6-15/h2-13H,1H3,(H,23,26)(H,24,28). The SMILES string of the molecule is CC(=O)Nc1ccc(C(=O)Nc2ccc(C(=O)c3ccccc3)cc2)c([N+](=O)[O-])c1. The van der Waals surface area contributed by atoms with Crippen LogP contribution in [0.3, 0.4) is 0 Å². The molecule has 0 aliphatic heterocycles. The molecule has 0 aliphatic carbocycles. The number of hydrogen-bond acceptors (Lipinski definition) is 5. The van der Waals surface area contributed by atoms with Crippen LogP contribution in [0.1, 0.15) is 33.2 Å². The second-order valence-corrected chi connectivity index (χ2v) is 6.40. The third kappa shape index (κ3) is 4.74. The largest absolute Gasteiger partial charge is 0.326 e. The van der Waals surface area contributed by atoms with Crippen molar-refractivity contribution in [3.8, 4) is 0 Å². The van der Waals surface area contributed by atoms with Crippen LogP contribution in [0.4, 0.5) is 17.1 Å². The molecule has 0 heterocycles. The summed E-state index contributed by atoms with van der Waals surface area (Å²) >= 11 is 0. The quantitative estimate of drug-likeness (QED) is 0.366. The van der Waals surface area contributed by atoms with Gasteiger partial charge in [0.1, 0.15) is 5.56 Å². The first-order valence-electron chi connectivity index (χ1n) is 8.92. The molecule has 0 fully saturated rings. The van der Waals surface area contributed by atoms with Crippen LogP contribution in [0.5, 0.6) is 0 Å². The normalized spacial score (nSPS) is 10.2. The topological polar surface area (TPSA) is 118 Å². The van der Waals surface area contributed by atoms with Crippen molar-refractivity contribution in [2.24, 2.45) is 0 Å². The van der Waals surface area contributed by atoms with E-state index in [9.17, 15) is 24.5 Å². The van der Waals surface area contributed by atoms with Crippen LogP contribution in [0.2, 0.25) is 0 Å². The molecule has 8 nitrogen and oxygen atoms in total. The number of rotatable bonds is 6. The van der Waals surface area contributed by atoms with E-state index in [-0.39, 0.29) is 22.9 Å². The summed E-state index contributed by atoms with van der Waals surface area (Å²) in [6, 6.07) is 18.8. The molecule has 0 aromatic heterocycles. The molecule has 0 atom stereocenters. The molecule has 3 aromatic carbocycles. The molecule has 3 rings (SSSR count). The van der Waals surface area contributed by atoms with E-state index in [0.717, 1.165) is 6.07 Å². The van der Waals surface area contributed by atoms with E-state index in [1.165, 1.54) is 19.1 Å². The van der Waals surface area contributed by atoms with Gasteiger partial charge in [-0.2, -0.15) is 0 Å². The Morgan fingerprint density at radius 3 is 2.00 bits per heavy atom. The molecule has 2 N–H and O–H groups in total. The van der Waals surface area contributed by atoms with Crippen molar-refractivity contribution in [3.63, 3.8) is 0 Å². The van der Waals surface area contributed by atoms with Gasteiger partial charge in [0.15, 0.2) is 5.78 Å². The van der Waals surface area contributed by atoms with Gasteiger partial charge in [0.05, 0.1) is 4.92 Å². The van der Waals surface area contributed by atoms with Gasteiger partial charge >= 0.3 is 0 Å². The number of hydrogen-bond donors (Lipinski definition) is 2. The van der Waals surface area contributed by atoms with Crippen molar-refractivity contribution in [3.05, 3.63) is 99.6 Å². The summed E-state index contributed by atoms with van der Waals surface area (Å²) in [5.41, 5.74) is 1.00. The van der Waals surface area contributed by atoms with E-state index in [4.69, 9.17) is 0 Å². The molecule has 2 amide bonds. The van der Waals surface area contributed by atoms with Crippen molar-refractivity contribution in [2.45, 2.75) is 6.92 Å². The highest BCUT2D eigenvalue weighted by atomic mass is 16.6. The van der Waals surface area contributed by atoms with Crippen LogP contribution in [-0.4, -0.2) is 22.5 Å². The highest BCUT2D eigenvalue weighted by molar-refractivity contribution is 6.10. The van der Waals surface area contributed by atoms with E-state index in [2.05, 4.69) is 10.6 Å². The number of anilines is 2. The molecule has 0 spiro atoms. The number of nitrogens with one attached hydrogen (secondary N) is 2. The lowest BCUT2D eigenvalue weighted by Crippen LogP contribution is -2.15. The minimum atomic E-state index is -0.693. The number of amides is 2. The second kappa shape index (κ2) is 8.78. The molecule has 0 saturated carbocycles. The molecule has 0 radical (unpaired) electrons. The zero-order valence-corrected chi connectivity index (χ0v) is 15.9. The molecule has 150 valence electrons. The van der Waals surface area contributed by atoms with Crippen LogP contribution in [0, 0.1) is 10.1 Å². The van der Waals surface area contributed by atoms with E-state index >= 15 is 0 Å². The Bertz CT molecular complexity index is 1130. The van der Waals surface area contributed by atoms with Crippen molar-refractivity contribution in [1.29, 1.82) is 0 Å². The summed E-state index contributed by atoms with van der Waals surface area (Å²) in [4.78, 5) is 46.8. The van der Waals surface area contributed by atoms with Crippen molar-refractivity contribution < 1.29 is 19.3 Å². The minimum absolute atomic E-state index is 0.154. The Hall–Kier alpha value is -4.33. The number of nitro groups is 1. The first kappa shape index (κ1) is 20.4. The van der Waals surface area contributed by atoms with Gasteiger partial charge in [-0.15, -0.1) is 0 Å². The van der Waals surface area contributed by atoms with Crippen molar-refractivity contribution in [1.82, 2.24) is 0 Å². The summed E-state index contributed by atoms with van der Waals surface area (Å²) in [5.74, 6) is -1.22. The predicted octanol–water partition coefficient (Wildman–Crippen LogP) is 4.04. The maximum atomic E-state index is 12.5. The lowest BCUT2D eigenvalue weighted by Gasteiger charge is -2.08. The van der Waals surface area contributed by atoms with Crippen LogP contribution < -0.4 is 10.6 Å². The van der Waals surface area contributed by atoms with Gasteiger partial charge in [0.25, 0.3) is 11.6 Å². The number of carbonyl (C=O) groups is 3. The summed E-state index contributed by atoms with van der Waals surface area (Å²) in [6.45, 7) is 1.28. The molecular weight excluding hydrogens is 386 g/mol. The fourth-order valence-electron chi connectivity index (χ4n) is 2.82. The molecule has 0 unspecified atom stereocenters. The number of nitro benzene ring substituents is 1. The monoisotopic (exact) mass is 403 g/mol. The van der Waals surface area contributed by atoms with Crippen LogP contribution in [0.25, 0.3) is 0 Å². The molecule has 8 heteroatoms. The van der Waals surface area contributed by atoms with Gasteiger partial charge in [-0.25, -0.2) is 0 Å². The van der Waals surface area contributed by atoms with Gasteiger partial charge < -0.3 is 10.6 Å². The summed E-state index contributed by atoms with van der Waals surface area (Å²) in [5, 5.41) is 16.4.